The first-order chi connectivity index (χ1) is 12.9. The molecular weight excluding hydrogens is 336 g/mol. The number of nitrogens with one attached hydrogen (secondary N) is 1. The van der Waals surface area contributed by atoms with Crippen molar-refractivity contribution in [3.63, 3.8) is 0 Å². The molecule has 1 heterocycles. The summed E-state index contributed by atoms with van der Waals surface area (Å²) in [7, 11) is 0. The maximum absolute atomic E-state index is 13.0. The van der Waals surface area contributed by atoms with Crippen LogP contribution in [0.3, 0.4) is 0 Å². The molecule has 0 aromatic heterocycles. The van der Waals surface area contributed by atoms with Crippen LogP contribution in [0.25, 0.3) is 0 Å². The van der Waals surface area contributed by atoms with Crippen LogP contribution in [0.15, 0.2) is 48.5 Å². The maximum atomic E-state index is 13.0. The van der Waals surface area contributed by atoms with Gasteiger partial charge in [-0.25, -0.2) is 0 Å². The van der Waals surface area contributed by atoms with Crippen LogP contribution < -0.4 is 10.2 Å². The summed E-state index contributed by atoms with van der Waals surface area (Å²) in [4.78, 5) is 26.8. The number of amides is 2. The third kappa shape index (κ3) is 4.38. The minimum Gasteiger partial charge on any atom is -0.355 e. The fourth-order valence-corrected chi connectivity index (χ4v) is 2.89. The first-order valence-electron chi connectivity index (χ1n) is 9.14. The Morgan fingerprint density at radius 3 is 2.37 bits per heavy atom. The minimum absolute atomic E-state index is 0.0323. The van der Waals surface area contributed by atoms with Gasteiger partial charge in [0.2, 0.25) is 11.8 Å². The number of fused-ring (bicyclic) bond motifs is 2. The Morgan fingerprint density at radius 2 is 1.63 bits per heavy atom. The van der Waals surface area contributed by atoms with Crippen molar-refractivity contribution in [2.75, 3.05) is 11.4 Å². The number of benzene rings is 2. The first-order valence-corrected chi connectivity index (χ1v) is 9.14. The maximum Gasteiger partial charge on any atom is 0.229 e. The van der Waals surface area contributed by atoms with Crippen LogP contribution in [-0.2, 0) is 16.1 Å². The van der Waals surface area contributed by atoms with E-state index in [0.29, 0.717) is 13.1 Å². The van der Waals surface area contributed by atoms with Crippen molar-refractivity contribution in [2.45, 2.75) is 33.7 Å². The highest BCUT2D eigenvalue weighted by atomic mass is 16.2. The van der Waals surface area contributed by atoms with E-state index in [1.165, 1.54) is 0 Å². The smallest absolute Gasteiger partial charge is 0.229 e. The molecule has 0 fully saturated rings. The summed E-state index contributed by atoms with van der Waals surface area (Å²) in [6, 6.07) is 15.6. The number of hydrogen-bond acceptors (Lipinski definition) is 2. The lowest BCUT2D eigenvalue weighted by Gasteiger charge is -2.26. The largest absolute Gasteiger partial charge is 0.355 e. The Kier molecular flexibility index (Phi) is 5.32. The topological polar surface area (TPSA) is 49.4 Å². The van der Waals surface area contributed by atoms with Crippen LogP contribution in [0, 0.1) is 17.3 Å². The molecule has 2 aromatic rings. The SMILES string of the molecule is CC(C)(C)C(=O)NCCC(=O)N1Cc2ccccc2C#Cc2ccccc21. The number of nitrogens with zero attached hydrogens (tertiary/aromatic N) is 1. The minimum atomic E-state index is -0.468. The molecule has 0 bridgehead atoms. The molecule has 0 radical (unpaired) electrons. The van der Waals surface area contributed by atoms with E-state index in [4.69, 9.17) is 0 Å². The molecule has 0 spiro atoms. The number of carbonyl (C=O) groups is 2. The normalized spacial score (nSPS) is 12.6. The fraction of sp³-hybridized carbons (Fsp3) is 0.304. The number of carbonyl (C=O) groups excluding carboxylic acids is 2. The molecule has 0 unspecified atom stereocenters. The second-order valence-electron chi connectivity index (χ2n) is 7.66. The molecule has 0 aliphatic carbocycles. The summed E-state index contributed by atoms with van der Waals surface area (Å²) < 4.78 is 0. The number of anilines is 1. The molecule has 4 heteroatoms. The summed E-state index contributed by atoms with van der Waals surface area (Å²) >= 11 is 0. The van der Waals surface area contributed by atoms with Crippen molar-refractivity contribution < 1.29 is 9.59 Å². The highest BCUT2D eigenvalue weighted by Crippen LogP contribution is 2.25. The zero-order valence-corrected chi connectivity index (χ0v) is 16.0. The van der Waals surface area contributed by atoms with Gasteiger partial charge in [0.25, 0.3) is 0 Å². The van der Waals surface area contributed by atoms with E-state index in [0.717, 1.165) is 22.4 Å². The van der Waals surface area contributed by atoms with Crippen LogP contribution in [0.4, 0.5) is 5.69 Å². The van der Waals surface area contributed by atoms with Crippen molar-refractivity contribution in [1.29, 1.82) is 0 Å². The summed E-state index contributed by atoms with van der Waals surface area (Å²) in [6.45, 7) is 6.35. The molecule has 2 amide bonds. The standard InChI is InChI=1S/C23H24N2O2/c1-23(2,3)22(27)24-15-14-21(26)25-16-19-10-5-4-8-17(19)12-13-18-9-6-7-11-20(18)25/h4-11H,14-16H2,1-3H3,(H,24,27). The number of para-hydroxylation sites is 1. The lowest BCUT2D eigenvalue weighted by molar-refractivity contribution is -0.128. The van der Waals surface area contributed by atoms with Crippen LogP contribution in [0.1, 0.15) is 43.9 Å². The van der Waals surface area contributed by atoms with Crippen molar-refractivity contribution in [1.82, 2.24) is 5.32 Å². The third-order valence-corrected chi connectivity index (χ3v) is 4.48. The zero-order chi connectivity index (χ0) is 19.4. The molecular formula is C23H24N2O2. The molecule has 138 valence electrons. The quantitative estimate of drug-likeness (QED) is 0.852. The monoisotopic (exact) mass is 360 g/mol. The first kappa shape index (κ1) is 18.7. The molecule has 3 rings (SSSR count). The summed E-state index contributed by atoms with van der Waals surface area (Å²) in [5.74, 6) is 6.31. The Hall–Kier alpha value is -3.06. The Bertz CT molecular complexity index is 929. The second-order valence-corrected chi connectivity index (χ2v) is 7.66. The summed E-state index contributed by atoms with van der Waals surface area (Å²) in [5, 5.41) is 2.85. The number of rotatable bonds is 3. The highest BCUT2D eigenvalue weighted by Gasteiger charge is 2.23. The predicted octanol–water partition coefficient (Wildman–Crippen LogP) is 3.49. The van der Waals surface area contributed by atoms with Gasteiger partial charge in [0.1, 0.15) is 0 Å². The van der Waals surface area contributed by atoms with Crippen LogP contribution in [0.2, 0.25) is 0 Å². The Balaban J connectivity index is 1.83. The summed E-state index contributed by atoms with van der Waals surface area (Å²) in [6.07, 6.45) is 0.242. The van der Waals surface area contributed by atoms with E-state index in [1.807, 2.05) is 69.3 Å². The van der Waals surface area contributed by atoms with E-state index < -0.39 is 5.41 Å². The molecule has 27 heavy (non-hydrogen) atoms. The molecule has 4 nitrogen and oxygen atoms in total. The molecule has 0 saturated carbocycles. The summed E-state index contributed by atoms with van der Waals surface area (Å²) in [5.41, 5.74) is 3.13. The van der Waals surface area contributed by atoms with Crippen molar-refractivity contribution in [2.24, 2.45) is 5.41 Å². The van der Waals surface area contributed by atoms with Crippen molar-refractivity contribution >= 4 is 17.5 Å². The van der Waals surface area contributed by atoms with Crippen LogP contribution in [-0.4, -0.2) is 18.4 Å². The zero-order valence-electron chi connectivity index (χ0n) is 16.0. The van der Waals surface area contributed by atoms with Gasteiger partial charge >= 0.3 is 0 Å². The molecule has 0 saturated heterocycles. The van der Waals surface area contributed by atoms with E-state index in [2.05, 4.69) is 17.2 Å². The van der Waals surface area contributed by atoms with Crippen molar-refractivity contribution in [3.05, 3.63) is 65.2 Å². The Labute approximate surface area is 160 Å². The van der Waals surface area contributed by atoms with Gasteiger partial charge in [-0.05, 0) is 23.8 Å². The van der Waals surface area contributed by atoms with Gasteiger partial charge in [-0.2, -0.15) is 0 Å². The third-order valence-electron chi connectivity index (χ3n) is 4.48. The Morgan fingerprint density at radius 1 is 1.00 bits per heavy atom. The predicted molar refractivity (Wildman–Crippen MR) is 107 cm³/mol. The van der Waals surface area contributed by atoms with E-state index in [1.54, 1.807) is 4.90 Å². The average molecular weight is 360 g/mol. The van der Waals surface area contributed by atoms with Gasteiger partial charge in [-0.3, -0.25) is 9.59 Å². The molecule has 1 aliphatic heterocycles. The lowest BCUT2D eigenvalue weighted by Crippen LogP contribution is -2.38. The number of hydrogen-bond donors (Lipinski definition) is 1. The van der Waals surface area contributed by atoms with Gasteiger partial charge in [0.05, 0.1) is 12.2 Å². The van der Waals surface area contributed by atoms with Gasteiger partial charge in [0.15, 0.2) is 0 Å². The van der Waals surface area contributed by atoms with Crippen molar-refractivity contribution in [3.8, 4) is 11.8 Å². The van der Waals surface area contributed by atoms with Gasteiger partial charge in [-0.1, -0.05) is 62.9 Å². The van der Waals surface area contributed by atoms with Gasteiger partial charge in [0, 0.05) is 29.5 Å². The van der Waals surface area contributed by atoms with E-state index >= 15 is 0 Å². The molecule has 1 N–H and O–H groups in total. The van der Waals surface area contributed by atoms with E-state index in [9.17, 15) is 9.59 Å². The average Bonchev–Trinajstić information content (AvgIpc) is 2.62. The molecule has 1 aliphatic rings. The van der Waals surface area contributed by atoms with Crippen LogP contribution >= 0.6 is 0 Å². The van der Waals surface area contributed by atoms with Gasteiger partial charge < -0.3 is 10.2 Å². The molecule has 0 atom stereocenters. The van der Waals surface area contributed by atoms with Gasteiger partial charge in [-0.15, -0.1) is 0 Å². The molecule has 2 aromatic carbocycles. The fourth-order valence-electron chi connectivity index (χ4n) is 2.89. The van der Waals surface area contributed by atoms with E-state index in [-0.39, 0.29) is 18.2 Å². The van der Waals surface area contributed by atoms with Crippen LogP contribution in [0.5, 0.6) is 0 Å². The second kappa shape index (κ2) is 7.67. The highest BCUT2D eigenvalue weighted by molar-refractivity contribution is 5.95. The lowest BCUT2D eigenvalue weighted by atomic mass is 9.96.